The van der Waals surface area contributed by atoms with E-state index in [1.54, 1.807) is 36.4 Å². The Morgan fingerprint density at radius 2 is 1.58 bits per heavy atom. The number of aliphatic hydroxyl groups is 1. The van der Waals surface area contributed by atoms with Gasteiger partial charge in [-0.15, -0.1) is 10.2 Å². The first kappa shape index (κ1) is 28.6. The number of hydrogen-bond acceptors (Lipinski definition) is 9. The van der Waals surface area contributed by atoms with Crippen LogP contribution in [0.4, 0.5) is 5.13 Å². The normalized spacial score (nSPS) is 14.8. The molecule has 0 unspecified atom stereocenters. The third kappa shape index (κ3) is 5.85. The summed E-state index contributed by atoms with van der Waals surface area (Å²) >= 11 is 2.72. The molecule has 45 heavy (non-hydrogen) atoms. The maximum Gasteiger partial charge on any atom is 0.296 e. The number of aromatic nitrogens is 2. The van der Waals surface area contributed by atoms with Gasteiger partial charge in [-0.05, 0) is 41.0 Å². The van der Waals surface area contributed by atoms with Crippen molar-refractivity contribution in [2.75, 3.05) is 4.90 Å². The second-order valence-corrected chi connectivity index (χ2v) is 12.5. The van der Waals surface area contributed by atoms with Crippen LogP contribution in [0.3, 0.4) is 0 Å². The lowest BCUT2D eigenvalue weighted by Gasteiger charge is -2.24. The van der Waals surface area contributed by atoms with Gasteiger partial charge in [0.1, 0.15) is 17.9 Å². The Labute approximate surface area is 266 Å². The van der Waals surface area contributed by atoms with Gasteiger partial charge in [0, 0.05) is 11.1 Å². The van der Waals surface area contributed by atoms with Crippen molar-refractivity contribution in [2.24, 2.45) is 0 Å². The predicted octanol–water partition coefficient (Wildman–Crippen LogP) is 7.94. The fraction of sp³-hybridized carbons (Fsp3) is 0.0857. The second-order valence-electron chi connectivity index (χ2n) is 10.3. The fourth-order valence-corrected chi connectivity index (χ4v) is 6.96. The zero-order valence-electron chi connectivity index (χ0n) is 23.7. The zero-order chi connectivity index (χ0) is 30.8. The number of aliphatic hydroxyl groups excluding tert-OH is 1. The van der Waals surface area contributed by atoms with Crippen LogP contribution in [0.25, 0.3) is 11.0 Å². The van der Waals surface area contributed by atoms with Crippen LogP contribution < -0.4 is 9.64 Å². The number of rotatable bonds is 10. The molecule has 4 aromatic carbocycles. The molecule has 2 aromatic heterocycles. The zero-order valence-corrected chi connectivity index (χ0v) is 25.3. The van der Waals surface area contributed by atoms with Gasteiger partial charge in [0.25, 0.3) is 5.91 Å². The summed E-state index contributed by atoms with van der Waals surface area (Å²) in [7, 11) is 0. The Hall–Kier alpha value is -5.19. The van der Waals surface area contributed by atoms with E-state index in [9.17, 15) is 14.7 Å². The van der Waals surface area contributed by atoms with Crippen LogP contribution in [0, 0.1) is 0 Å². The van der Waals surface area contributed by atoms with Gasteiger partial charge in [-0.1, -0.05) is 114 Å². The van der Waals surface area contributed by atoms with Gasteiger partial charge >= 0.3 is 0 Å². The van der Waals surface area contributed by atoms with E-state index >= 15 is 0 Å². The summed E-state index contributed by atoms with van der Waals surface area (Å²) < 4.78 is 12.5. The summed E-state index contributed by atoms with van der Waals surface area (Å²) in [6.45, 7) is 0.388. The molecule has 0 bridgehead atoms. The van der Waals surface area contributed by atoms with Gasteiger partial charge < -0.3 is 14.3 Å². The number of ether oxygens (including phenoxy) is 1. The number of amides is 1. The fourth-order valence-electron chi connectivity index (χ4n) is 5.14. The largest absolute Gasteiger partial charge is 0.503 e. The molecule has 0 aliphatic carbocycles. The predicted molar refractivity (Wildman–Crippen MR) is 174 cm³/mol. The molecule has 0 radical (unpaired) electrons. The van der Waals surface area contributed by atoms with E-state index in [0.29, 0.717) is 33.6 Å². The average Bonchev–Trinajstić information content (AvgIpc) is 3.80. The number of Topliss-reactive ketones (excluding diaryl/α,β-unsaturated/α-hetero) is 1. The number of fused-ring (bicyclic) bond motifs is 1. The van der Waals surface area contributed by atoms with Crippen molar-refractivity contribution in [3.63, 3.8) is 0 Å². The van der Waals surface area contributed by atoms with E-state index < -0.39 is 23.5 Å². The van der Waals surface area contributed by atoms with E-state index in [4.69, 9.17) is 9.15 Å². The molecule has 1 amide bonds. The molecule has 0 saturated heterocycles. The van der Waals surface area contributed by atoms with E-state index in [1.807, 2.05) is 78.9 Å². The number of nitrogens with zero attached hydrogens (tertiary/aromatic N) is 3. The lowest BCUT2D eigenvalue weighted by atomic mass is 9.95. The highest BCUT2D eigenvalue weighted by molar-refractivity contribution is 8.00. The Balaban J connectivity index is 1.21. The third-order valence-electron chi connectivity index (χ3n) is 7.35. The molecule has 3 heterocycles. The number of anilines is 1. The number of para-hydroxylation sites is 1. The van der Waals surface area contributed by atoms with Gasteiger partial charge in [0.2, 0.25) is 10.9 Å². The number of carbonyl (C=O) groups is 2. The highest BCUT2D eigenvalue weighted by Gasteiger charge is 2.46. The van der Waals surface area contributed by atoms with Gasteiger partial charge in [-0.25, -0.2) is 0 Å². The molecule has 0 saturated carbocycles. The Morgan fingerprint density at radius 3 is 2.31 bits per heavy atom. The number of hydrogen-bond donors (Lipinski definition) is 1. The maximum atomic E-state index is 14.0. The first-order chi connectivity index (χ1) is 22.0. The number of ketones is 1. The molecular weight excluding hydrogens is 607 g/mol. The highest BCUT2D eigenvalue weighted by Crippen LogP contribution is 2.44. The number of furan rings is 1. The molecule has 1 N–H and O–H groups in total. The summed E-state index contributed by atoms with van der Waals surface area (Å²) in [5.74, 6) is -0.652. The van der Waals surface area contributed by atoms with E-state index in [0.717, 1.165) is 16.5 Å². The quantitative estimate of drug-likeness (QED) is 0.0923. The SMILES string of the molecule is O=C(C1=C(O)C(=O)N(c2nnc(SCc3ccccc3)s2)[C@H]1c1ccc(OCc2ccccc2)cc1)c1cc2ccccc2o1. The van der Waals surface area contributed by atoms with Crippen LogP contribution in [0.1, 0.15) is 33.3 Å². The van der Waals surface area contributed by atoms with Crippen molar-refractivity contribution >= 4 is 50.9 Å². The summed E-state index contributed by atoms with van der Waals surface area (Å²) in [6.07, 6.45) is 0. The van der Waals surface area contributed by atoms with Crippen molar-refractivity contribution in [3.05, 3.63) is 149 Å². The summed E-state index contributed by atoms with van der Waals surface area (Å²) in [5.41, 5.74) is 3.18. The van der Waals surface area contributed by atoms with Gasteiger partial charge in [-0.2, -0.15) is 0 Å². The lowest BCUT2D eigenvalue weighted by Crippen LogP contribution is -2.31. The molecule has 10 heteroatoms. The minimum absolute atomic E-state index is 0.0246. The maximum absolute atomic E-state index is 14.0. The van der Waals surface area contributed by atoms with Crippen LogP contribution in [-0.4, -0.2) is 27.0 Å². The van der Waals surface area contributed by atoms with Crippen LogP contribution in [0.2, 0.25) is 0 Å². The lowest BCUT2D eigenvalue weighted by molar-refractivity contribution is -0.117. The van der Waals surface area contributed by atoms with Gasteiger partial charge in [0.05, 0.1) is 11.6 Å². The monoisotopic (exact) mass is 631 g/mol. The van der Waals surface area contributed by atoms with E-state index in [2.05, 4.69) is 10.2 Å². The van der Waals surface area contributed by atoms with Crippen LogP contribution in [0.15, 0.2) is 135 Å². The highest BCUT2D eigenvalue weighted by atomic mass is 32.2. The van der Waals surface area contributed by atoms with E-state index in [1.165, 1.54) is 28.0 Å². The van der Waals surface area contributed by atoms with E-state index in [-0.39, 0.29) is 16.5 Å². The number of thioether (sulfide) groups is 1. The minimum atomic E-state index is -0.971. The molecule has 0 fully saturated rings. The van der Waals surface area contributed by atoms with Crippen molar-refractivity contribution in [1.82, 2.24) is 10.2 Å². The molecule has 0 spiro atoms. The van der Waals surface area contributed by atoms with Crippen molar-refractivity contribution in [2.45, 2.75) is 22.7 Å². The minimum Gasteiger partial charge on any atom is -0.503 e. The van der Waals surface area contributed by atoms with Crippen LogP contribution >= 0.6 is 23.1 Å². The van der Waals surface area contributed by atoms with Crippen molar-refractivity contribution in [3.8, 4) is 5.75 Å². The first-order valence-electron chi connectivity index (χ1n) is 14.1. The number of carbonyl (C=O) groups excluding carboxylic acids is 2. The van der Waals surface area contributed by atoms with Crippen LogP contribution in [-0.2, 0) is 17.2 Å². The Bertz CT molecular complexity index is 1990. The molecule has 8 nitrogen and oxygen atoms in total. The topological polar surface area (TPSA) is 106 Å². The standard InChI is InChI=1S/C35H25N3O5S2/c39-31(28-19-25-13-7-8-14-27(25)43-28)29-30(24-15-17-26(18-16-24)42-20-22-9-3-1-4-10-22)38(33(41)32(29)40)34-36-37-35(45-34)44-21-23-11-5-2-6-12-23/h1-19,30,40H,20-21H2/t30-/m0/s1. The third-order valence-corrected chi connectivity index (χ3v) is 9.48. The summed E-state index contributed by atoms with van der Waals surface area (Å²) in [5, 5.41) is 20.8. The number of benzene rings is 4. The summed E-state index contributed by atoms with van der Waals surface area (Å²) in [6, 6.07) is 34.8. The van der Waals surface area contributed by atoms with Crippen molar-refractivity contribution in [1.29, 1.82) is 0 Å². The molecule has 6 aromatic rings. The average molecular weight is 632 g/mol. The van der Waals surface area contributed by atoms with Gasteiger partial charge in [0.15, 0.2) is 15.9 Å². The van der Waals surface area contributed by atoms with Crippen molar-refractivity contribution < 1.29 is 23.8 Å². The first-order valence-corrected chi connectivity index (χ1v) is 15.9. The Kier molecular flexibility index (Phi) is 7.89. The molecule has 7 rings (SSSR count). The smallest absolute Gasteiger partial charge is 0.296 e. The molecule has 222 valence electrons. The molecule has 1 aliphatic rings. The Morgan fingerprint density at radius 1 is 0.889 bits per heavy atom. The molecule has 1 atom stereocenters. The van der Waals surface area contributed by atoms with Gasteiger partial charge in [-0.3, -0.25) is 14.5 Å². The molecule has 1 aliphatic heterocycles. The second kappa shape index (κ2) is 12.4. The summed E-state index contributed by atoms with van der Waals surface area (Å²) in [4.78, 5) is 29.0. The van der Waals surface area contributed by atoms with Crippen LogP contribution in [0.5, 0.6) is 5.75 Å². The molecular formula is C35H25N3O5S2.